The zero-order valence-corrected chi connectivity index (χ0v) is 93.4. The highest BCUT2D eigenvalue weighted by Crippen LogP contribution is 2.42. The van der Waals surface area contributed by atoms with E-state index in [-0.39, 0.29) is 93.4 Å². The Bertz CT molecular complexity index is 2910. The van der Waals surface area contributed by atoms with Crippen LogP contribution in [0.4, 0.5) is 0 Å². The summed E-state index contributed by atoms with van der Waals surface area (Å²) >= 11 is 0. The van der Waals surface area contributed by atoms with Gasteiger partial charge in [-0.1, -0.05) is 313 Å². The van der Waals surface area contributed by atoms with Crippen LogP contribution < -0.4 is 10.6 Å². The number of nitrogens with zero attached hydrogens (tertiary/aromatic N) is 3. The second-order valence-corrected chi connectivity index (χ2v) is 63.0. The zero-order valence-electron chi connectivity index (χ0n) is 89.4. The van der Waals surface area contributed by atoms with E-state index in [2.05, 4.69) is 208 Å². The lowest BCUT2D eigenvalue weighted by molar-refractivity contribution is -0.143. The van der Waals surface area contributed by atoms with Crippen molar-refractivity contribution < 1.29 is 65.4 Å². The van der Waals surface area contributed by atoms with Crippen molar-refractivity contribution in [2.24, 2.45) is 0 Å². The molecule has 2 N–H and O–H groups in total. The quantitative estimate of drug-likeness (QED) is 0.0191. The third kappa shape index (κ3) is 68.4. The standard InChI is InChI=1S/C107H209N5O14Si4/c1-26-30-34-38-45-51-66-84-119-100(115)76-62-50-44-42-43-49-58-72-94(123-127(18,19)104(5,6)7)88-111(89-95(124-128(20,21)105(8,9)10)73-59-55-63-77-101(116)120-85-67-52-46-39-35-31-27-2)82-70-80-108-98(113)92-110(17)93-99(114)109-81-71-83-112(90-96(125-129(22,23)106(11,12)13)74-60-56-64-78-102(117)121-86-68-53-47-40-36-32-28-3)91-97(126-130(24,25)107(14,15)16)75-61-57-65-79-103(118)122-87-69-54-48-41-37-33-29-4/h51-54,66-69,94-97H,26-50,55-65,70-93H2,1-25H3,(H,108,113)(H,109,114)/b66-51-,67-52-,68-53-,69-54-. The predicted molar refractivity (Wildman–Crippen MR) is 560 cm³/mol. The minimum atomic E-state index is -2.27. The fraction of sp³-hybridized carbons (Fsp3) is 0.869. The molecule has 0 spiro atoms. The average Bonchev–Trinajstić information content (AvgIpc) is 0.831. The fourth-order valence-corrected chi connectivity index (χ4v) is 20.4. The number of carbonyl (C=O) groups is 6. The first-order valence-corrected chi connectivity index (χ1v) is 64.6. The number of hydrogen-bond donors (Lipinski definition) is 2. The van der Waals surface area contributed by atoms with Crippen LogP contribution in [0.25, 0.3) is 0 Å². The number of carbonyl (C=O) groups excluding carboxylic acids is 6. The third-order valence-corrected chi connectivity index (χ3v) is 45.4. The lowest BCUT2D eigenvalue weighted by Crippen LogP contribution is -2.50. The summed E-state index contributed by atoms with van der Waals surface area (Å²) < 4.78 is 52.0. The maximum atomic E-state index is 14.0. The summed E-state index contributed by atoms with van der Waals surface area (Å²) in [6.45, 7) is 62.0. The Morgan fingerprint density at radius 1 is 0.285 bits per heavy atom. The Morgan fingerprint density at radius 3 is 0.715 bits per heavy atom. The van der Waals surface area contributed by atoms with Gasteiger partial charge in [0.15, 0.2) is 33.3 Å². The molecule has 0 rings (SSSR count). The van der Waals surface area contributed by atoms with Crippen LogP contribution in [0.3, 0.4) is 0 Å². The molecule has 0 saturated carbocycles. The molecular formula is C107H209N5O14Si4. The molecule has 23 heteroatoms. The van der Waals surface area contributed by atoms with Crippen molar-refractivity contribution in [3.63, 3.8) is 0 Å². The summed E-state index contributed by atoms with van der Waals surface area (Å²) in [5, 5.41) is 6.44. The minimum Gasteiger partial charge on any atom is -0.461 e. The number of unbranched alkanes of at least 4 members (excludes halogenated alkanes) is 28. The SMILES string of the molecule is CCCCCC/C=C\COC(=O)CCCCCCCCCC(CN(CCCNC(=O)CN(C)CC(=O)NCCCN(CC(CCCCCC(=O)OC/C=C\CCCCCC)O[Si](C)(C)C(C)(C)C)CC(CCCCCC(=O)OC/C=C\CCCCCC)O[Si](C)(C)C(C)(C)C)CC(CCCCCC(=O)OC/C=C\CCCCCC)O[Si](C)(C)C(C)(C)C)O[Si](C)(C)C(C)(C)C. The van der Waals surface area contributed by atoms with E-state index in [1.54, 1.807) is 4.90 Å². The topological polar surface area (TPSA) is 210 Å². The van der Waals surface area contributed by atoms with Gasteiger partial charge in [-0.3, -0.25) is 43.5 Å². The third-order valence-electron chi connectivity index (χ3n) is 27.2. The number of esters is 4. The smallest absolute Gasteiger partial charge is 0.306 e. The molecular weight excluding hydrogens is 1690 g/mol. The first-order valence-electron chi connectivity index (χ1n) is 53.0. The van der Waals surface area contributed by atoms with E-state index in [4.69, 9.17) is 36.7 Å². The first kappa shape index (κ1) is 126. The summed E-state index contributed by atoms with van der Waals surface area (Å²) in [5.74, 6) is -0.818. The lowest BCUT2D eigenvalue weighted by Gasteiger charge is -2.42. The van der Waals surface area contributed by atoms with Gasteiger partial charge in [-0.05, 0) is 195 Å². The highest BCUT2D eigenvalue weighted by Gasteiger charge is 2.44. The van der Waals surface area contributed by atoms with Gasteiger partial charge in [-0.25, -0.2) is 0 Å². The molecule has 0 aliphatic heterocycles. The fourth-order valence-electron chi connectivity index (χ4n) is 14.8. The van der Waals surface area contributed by atoms with E-state index in [1.165, 1.54) is 89.9 Å². The van der Waals surface area contributed by atoms with Gasteiger partial charge in [0, 0.05) is 78.0 Å². The first-order chi connectivity index (χ1) is 61.3. The van der Waals surface area contributed by atoms with Crippen molar-refractivity contribution in [3.05, 3.63) is 48.6 Å². The van der Waals surface area contributed by atoms with E-state index in [9.17, 15) is 28.8 Å². The molecule has 4 unspecified atom stereocenters. The van der Waals surface area contributed by atoms with Crippen LogP contribution in [-0.2, 0) is 65.4 Å². The largest absolute Gasteiger partial charge is 0.461 e. The Labute approximate surface area is 805 Å². The lowest BCUT2D eigenvalue weighted by atomic mass is 10.0. The van der Waals surface area contributed by atoms with Crippen LogP contribution >= 0.6 is 0 Å². The molecule has 0 radical (unpaired) electrons. The van der Waals surface area contributed by atoms with E-state index in [0.717, 1.165) is 187 Å². The van der Waals surface area contributed by atoms with Gasteiger partial charge in [0.2, 0.25) is 11.8 Å². The summed E-state index contributed by atoms with van der Waals surface area (Å²) in [5.41, 5.74) is 0. The summed E-state index contributed by atoms with van der Waals surface area (Å²) in [4.78, 5) is 86.1. The number of likely N-dealkylation sites (N-methyl/N-ethyl adjacent to an activating group) is 1. The van der Waals surface area contributed by atoms with Gasteiger partial charge in [-0.15, -0.1) is 0 Å². The Balaban J connectivity index is 6.87. The molecule has 0 aromatic carbocycles. The average molecular weight is 1900 g/mol. The Kier molecular flexibility index (Phi) is 72.4. The monoisotopic (exact) mass is 1900 g/mol. The van der Waals surface area contributed by atoms with Crippen LogP contribution in [0.5, 0.6) is 0 Å². The van der Waals surface area contributed by atoms with E-state index in [0.29, 0.717) is 97.7 Å². The van der Waals surface area contributed by atoms with Gasteiger partial charge in [-0.2, -0.15) is 0 Å². The molecule has 0 aromatic rings. The molecule has 0 aliphatic rings. The summed E-state index contributed by atoms with van der Waals surface area (Å²) in [7, 11) is -7.18. The molecule has 0 heterocycles. The maximum absolute atomic E-state index is 14.0. The van der Waals surface area contributed by atoms with Crippen LogP contribution in [0, 0.1) is 0 Å². The van der Waals surface area contributed by atoms with Gasteiger partial charge >= 0.3 is 23.9 Å². The number of ether oxygens (including phenoxy) is 4. The van der Waals surface area contributed by atoms with Crippen molar-refractivity contribution in [2.75, 3.05) is 98.9 Å². The molecule has 0 bridgehead atoms. The Morgan fingerprint density at radius 2 is 0.492 bits per heavy atom. The van der Waals surface area contributed by atoms with Gasteiger partial charge < -0.3 is 47.3 Å². The van der Waals surface area contributed by atoms with E-state index in [1.807, 2.05) is 31.4 Å². The van der Waals surface area contributed by atoms with Crippen LogP contribution in [0.15, 0.2) is 48.6 Å². The molecule has 4 atom stereocenters. The van der Waals surface area contributed by atoms with Crippen molar-refractivity contribution >= 4 is 69.0 Å². The molecule has 0 aromatic heterocycles. The highest BCUT2D eigenvalue weighted by molar-refractivity contribution is 6.75. The second-order valence-electron chi connectivity index (χ2n) is 43.9. The van der Waals surface area contributed by atoms with Crippen LogP contribution in [0.1, 0.15) is 406 Å². The molecule has 0 fully saturated rings. The van der Waals surface area contributed by atoms with Crippen molar-refractivity contribution in [3.8, 4) is 0 Å². The van der Waals surface area contributed by atoms with Crippen molar-refractivity contribution in [1.29, 1.82) is 0 Å². The summed E-state index contributed by atoms with van der Waals surface area (Å²) in [6, 6.07) is 0. The molecule has 2 amide bonds. The molecule has 0 saturated heterocycles. The highest BCUT2D eigenvalue weighted by atomic mass is 28.4. The van der Waals surface area contributed by atoms with Crippen molar-refractivity contribution in [1.82, 2.24) is 25.3 Å². The van der Waals surface area contributed by atoms with Crippen LogP contribution in [0.2, 0.25) is 72.5 Å². The number of amides is 2. The molecule has 130 heavy (non-hydrogen) atoms. The van der Waals surface area contributed by atoms with Gasteiger partial charge in [0.25, 0.3) is 0 Å². The number of allylic oxidation sites excluding steroid dienone is 4. The minimum absolute atomic E-state index is 0.00426. The van der Waals surface area contributed by atoms with E-state index >= 15 is 0 Å². The number of hydrogen-bond acceptors (Lipinski definition) is 17. The van der Waals surface area contributed by atoms with Crippen molar-refractivity contribution in [2.45, 2.75) is 503 Å². The van der Waals surface area contributed by atoms with Crippen LogP contribution in [-0.4, -0.2) is 207 Å². The Hall–Kier alpha value is -3.63. The number of nitrogens with one attached hydrogen (secondary N) is 2. The summed E-state index contributed by atoms with van der Waals surface area (Å²) in [6.07, 6.45) is 61.6. The maximum Gasteiger partial charge on any atom is 0.306 e. The second kappa shape index (κ2) is 74.5. The molecule has 19 nitrogen and oxygen atoms in total. The molecule has 0 aliphatic carbocycles. The normalized spacial score (nSPS) is 14.0. The molecule has 762 valence electrons. The zero-order chi connectivity index (χ0) is 97.7. The van der Waals surface area contributed by atoms with E-state index < -0.39 is 33.3 Å². The number of rotatable bonds is 84. The predicted octanol–water partition coefficient (Wildman–Crippen LogP) is 27.7. The van der Waals surface area contributed by atoms with Gasteiger partial charge in [0.05, 0.1) is 37.5 Å². The van der Waals surface area contributed by atoms with Gasteiger partial charge in [0.1, 0.15) is 26.4 Å².